The number of morpholine rings is 1. The molecule has 1 aliphatic carbocycles. The fourth-order valence-corrected chi connectivity index (χ4v) is 3.41. The summed E-state index contributed by atoms with van der Waals surface area (Å²) in [4.78, 5) is 14.5. The Hall–Kier alpha value is -1.39. The number of carbonyl (C=O) groups excluding carboxylic acids is 1. The highest BCUT2D eigenvalue weighted by molar-refractivity contribution is 5.77. The Labute approximate surface area is 126 Å². The van der Waals surface area contributed by atoms with Gasteiger partial charge in [0.15, 0.2) is 0 Å². The number of nitrogens with zero attached hydrogens (tertiary/aromatic N) is 1. The molecule has 1 atom stereocenters. The summed E-state index contributed by atoms with van der Waals surface area (Å²) in [7, 11) is 0. The average molecular weight is 288 g/mol. The van der Waals surface area contributed by atoms with Gasteiger partial charge >= 0.3 is 0 Å². The Morgan fingerprint density at radius 3 is 2.71 bits per heavy atom. The number of rotatable bonds is 3. The van der Waals surface area contributed by atoms with Crippen molar-refractivity contribution in [3.05, 3.63) is 35.9 Å². The van der Waals surface area contributed by atoms with E-state index >= 15 is 0 Å². The second-order valence-corrected chi connectivity index (χ2v) is 6.36. The molecule has 1 saturated heterocycles. The fraction of sp³-hybridized carbons (Fsp3) is 0.588. The van der Waals surface area contributed by atoms with E-state index in [0.29, 0.717) is 26.1 Å². The molecule has 2 N–H and O–H groups in total. The first-order chi connectivity index (χ1) is 10.2. The van der Waals surface area contributed by atoms with Crippen LogP contribution in [0.15, 0.2) is 30.3 Å². The van der Waals surface area contributed by atoms with Gasteiger partial charge in [0.25, 0.3) is 0 Å². The first-order valence-electron chi connectivity index (χ1n) is 7.90. The maximum atomic E-state index is 12.5. The van der Waals surface area contributed by atoms with Crippen LogP contribution in [0.2, 0.25) is 0 Å². The Morgan fingerprint density at radius 2 is 2.00 bits per heavy atom. The van der Waals surface area contributed by atoms with Gasteiger partial charge in [0.1, 0.15) is 6.10 Å². The van der Waals surface area contributed by atoms with Gasteiger partial charge in [0.2, 0.25) is 5.91 Å². The monoisotopic (exact) mass is 288 g/mol. The molecule has 1 aliphatic heterocycles. The molecule has 21 heavy (non-hydrogen) atoms. The summed E-state index contributed by atoms with van der Waals surface area (Å²) < 4.78 is 5.81. The van der Waals surface area contributed by atoms with Crippen molar-refractivity contribution in [1.29, 1.82) is 0 Å². The van der Waals surface area contributed by atoms with E-state index in [0.717, 1.165) is 31.2 Å². The second-order valence-electron chi connectivity index (χ2n) is 6.36. The van der Waals surface area contributed by atoms with Gasteiger partial charge in [-0.05, 0) is 18.4 Å². The summed E-state index contributed by atoms with van der Waals surface area (Å²) in [5.41, 5.74) is 7.20. The first-order valence-corrected chi connectivity index (χ1v) is 7.90. The van der Waals surface area contributed by atoms with E-state index in [1.807, 2.05) is 23.1 Å². The van der Waals surface area contributed by atoms with Crippen LogP contribution in [0.5, 0.6) is 0 Å². The molecular weight excluding hydrogens is 264 g/mol. The molecule has 1 aromatic carbocycles. The van der Waals surface area contributed by atoms with Crippen LogP contribution in [0.4, 0.5) is 0 Å². The van der Waals surface area contributed by atoms with Crippen LogP contribution >= 0.6 is 0 Å². The van der Waals surface area contributed by atoms with Gasteiger partial charge in [-0.3, -0.25) is 4.79 Å². The van der Waals surface area contributed by atoms with E-state index in [4.69, 9.17) is 10.5 Å². The minimum absolute atomic E-state index is 0.0128. The molecule has 4 heteroatoms. The van der Waals surface area contributed by atoms with E-state index in [-0.39, 0.29) is 17.6 Å². The predicted octanol–water partition coefficient (Wildman–Crippen LogP) is 2.25. The molecule has 0 bridgehead atoms. The number of hydrogen-bond acceptors (Lipinski definition) is 3. The van der Waals surface area contributed by atoms with Crippen LogP contribution in [-0.4, -0.2) is 36.0 Å². The van der Waals surface area contributed by atoms with Crippen LogP contribution < -0.4 is 5.73 Å². The normalized spacial score (nSPS) is 25.0. The molecular formula is C17H24N2O2. The predicted molar refractivity (Wildman–Crippen MR) is 81.7 cm³/mol. The lowest BCUT2D eigenvalue weighted by Gasteiger charge is -2.35. The van der Waals surface area contributed by atoms with Crippen LogP contribution in [0, 0.1) is 0 Å². The third-order valence-electron chi connectivity index (χ3n) is 4.69. The largest absolute Gasteiger partial charge is 0.370 e. The van der Waals surface area contributed by atoms with E-state index < -0.39 is 0 Å². The lowest BCUT2D eigenvalue weighted by atomic mass is 9.94. The quantitative estimate of drug-likeness (QED) is 0.928. The molecule has 0 aromatic heterocycles. The third kappa shape index (κ3) is 3.44. The van der Waals surface area contributed by atoms with Crippen molar-refractivity contribution in [1.82, 2.24) is 4.90 Å². The molecule has 1 amide bonds. The molecule has 2 fully saturated rings. The minimum atomic E-state index is -0.266. The number of nitrogens with two attached hydrogens (primary N) is 1. The molecule has 3 rings (SSSR count). The van der Waals surface area contributed by atoms with Crippen molar-refractivity contribution in [2.45, 2.75) is 43.7 Å². The highest BCUT2D eigenvalue weighted by atomic mass is 16.5. The average Bonchev–Trinajstić information content (AvgIpc) is 2.94. The van der Waals surface area contributed by atoms with Gasteiger partial charge in [-0.15, -0.1) is 0 Å². The summed E-state index contributed by atoms with van der Waals surface area (Å²) in [5.74, 6) is 0.184. The number of benzene rings is 1. The van der Waals surface area contributed by atoms with E-state index in [9.17, 15) is 4.79 Å². The van der Waals surface area contributed by atoms with Crippen LogP contribution in [-0.2, 0) is 9.53 Å². The molecule has 2 aliphatic rings. The zero-order valence-corrected chi connectivity index (χ0v) is 12.5. The maximum absolute atomic E-state index is 12.5. The molecule has 0 radical (unpaired) electrons. The number of carbonyl (C=O) groups is 1. The van der Waals surface area contributed by atoms with Crippen molar-refractivity contribution in [2.24, 2.45) is 5.73 Å². The Balaban J connectivity index is 1.62. The molecule has 1 heterocycles. The summed E-state index contributed by atoms with van der Waals surface area (Å²) in [5, 5.41) is 0. The van der Waals surface area contributed by atoms with Crippen molar-refractivity contribution < 1.29 is 9.53 Å². The van der Waals surface area contributed by atoms with E-state index in [1.54, 1.807) is 0 Å². The third-order valence-corrected chi connectivity index (χ3v) is 4.69. The van der Waals surface area contributed by atoms with Gasteiger partial charge in [0, 0.05) is 18.5 Å². The lowest BCUT2D eigenvalue weighted by Crippen LogP contribution is -2.47. The van der Waals surface area contributed by atoms with E-state index in [2.05, 4.69) is 12.1 Å². The Morgan fingerprint density at radius 1 is 1.29 bits per heavy atom. The summed E-state index contributed by atoms with van der Waals surface area (Å²) in [6.45, 7) is 1.92. The molecule has 0 spiro atoms. The topological polar surface area (TPSA) is 55.6 Å². The Bertz CT molecular complexity index is 483. The SMILES string of the molecule is NC1(CC(=O)N2CCOC(c3ccccc3)C2)CCCC1. The number of amides is 1. The fourth-order valence-electron chi connectivity index (χ4n) is 3.41. The van der Waals surface area contributed by atoms with Crippen molar-refractivity contribution in [2.75, 3.05) is 19.7 Å². The lowest BCUT2D eigenvalue weighted by molar-refractivity contribution is -0.140. The van der Waals surface area contributed by atoms with Crippen molar-refractivity contribution in [3.8, 4) is 0 Å². The van der Waals surface area contributed by atoms with Crippen LogP contribution in [0.1, 0.15) is 43.8 Å². The molecule has 4 nitrogen and oxygen atoms in total. The number of ether oxygens (including phenoxy) is 1. The summed E-state index contributed by atoms with van der Waals surface area (Å²) in [6.07, 6.45) is 4.73. The first kappa shape index (κ1) is 14.5. The number of hydrogen-bond donors (Lipinski definition) is 1. The summed E-state index contributed by atoms with van der Waals surface area (Å²) in [6, 6.07) is 10.1. The Kier molecular flexibility index (Phi) is 4.27. The zero-order chi connectivity index (χ0) is 14.7. The summed E-state index contributed by atoms with van der Waals surface area (Å²) >= 11 is 0. The highest BCUT2D eigenvalue weighted by Gasteiger charge is 2.34. The molecule has 114 valence electrons. The maximum Gasteiger partial charge on any atom is 0.224 e. The van der Waals surface area contributed by atoms with Crippen molar-refractivity contribution >= 4 is 5.91 Å². The van der Waals surface area contributed by atoms with Gasteiger partial charge in [-0.25, -0.2) is 0 Å². The smallest absolute Gasteiger partial charge is 0.224 e. The van der Waals surface area contributed by atoms with Crippen LogP contribution in [0.25, 0.3) is 0 Å². The van der Waals surface area contributed by atoms with Crippen molar-refractivity contribution in [3.63, 3.8) is 0 Å². The minimum Gasteiger partial charge on any atom is -0.370 e. The second kappa shape index (κ2) is 6.16. The van der Waals surface area contributed by atoms with Crippen LogP contribution in [0.3, 0.4) is 0 Å². The van der Waals surface area contributed by atoms with Gasteiger partial charge in [-0.2, -0.15) is 0 Å². The molecule has 1 aromatic rings. The van der Waals surface area contributed by atoms with E-state index in [1.165, 1.54) is 0 Å². The molecule has 1 unspecified atom stereocenters. The van der Waals surface area contributed by atoms with Gasteiger partial charge in [0.05, 0.1) is 13.2 Å². The molecule has 1 saturated carbocycles. The standard InChI is InChI=1S/C17H24N2O2/c18-17(8-4-5-9-17)12-16(20)19-10-11-21-15(13-19)14-6-2-1-3-7-14/h1-3,6-7,15H,4-5,8-13,18H2. The highest BCUT2D eigenvalue weighted by Crippen LogP contribution is 2.31. The van der Waals surface area contributed by atoms with Gasteiger partial charge < -0.3 is 15.4 Å². The van der Waals surface area contributed by atoms with Gasteiger partial charge in [-0.1, -0.05) is 43.2 Å². The zero-order valence-electron chi connectivity index (χ0n) is 12.5.